The van der Waals surface area contributed by atoms with Crippen LogP contribution in [0.2, 0.25) is 0 Å². The third kappa shape index (κ3) is 4.01. The zero-order valence-electron chi connectivity index (χ0n) is 20.5. The van der Waals surface area contributed by atoms with Gasteiger partial charge in [0.25, 0.3) is 5.91 Å². The van der Waals surface area contributed by atoms with Crippen LogP contribution in [-0.2, 0) is 4.79 Å². The molecule has 1 aliphatic heterocycles. The Morgan fingerprint density at radius 3 is 2.51 bits per heavy atom. The van der Waals surface area contributed by atoms with E-state index in [1.807, 2.05) is 43.3 Å². The number of hydrogen-bond donors (Lipinski definition) is 2. The van der Waals surface area contributed by atoms with E-state index in [1.165, 1.54) is 5.56 Å². The highest BCUT2D eigenvalue weighted by molar-refractivity contribution is 6.04. The zero-order chi connectivity index (χ0) is 24.5. The first-order valence-corrected chi connectivity index (χ1v) is 12.4. The van der Waals surface area contributed by atoms with E-state index < -0.39 is 6.04 Å². The number of carbonyl (C=O) groups is 2. The van der Waals surface area contributed by atoms with Crippen LogP contribution in [0.5, 0.6) is 0 Å². The maximum absolute atomic E-state index is 13.7. The number of rotatable bonds is 7. The lowest BCUT2D eigenvalue weighted by atomic mass is 9.92. The number of hydrogen-bond acceptors (Lipinski definition) is 2. The average Bonchev–Trinajstić information content (AvgIpc) is 3.39. The van der Waals surface area contributed by atoms with Crippen molar-refractivity contribution in [3.05, 3.63) is 95.1 Å². The van der Waals surface area contributed by atoms with Crippen molar-refractivity contribution >= 4 is 22.7 Å². The molecule has 5 rings (SSSR count). The topological polar surface area (TPSA) is 65.2 Å². The van der Waals surface area contributed by atoms with Gasteiger partial charge < -0.3 is 15.2 Å². The van der Waals surface area contributed by atoms with E-state index in [0.29, 0.717) is 12.1 Å². The summed E-state index contributed by atoms with van der Waals surface area (Å²) in [6.45, 7) is 6.61. The molecule has 5 heteroatoms. The summed E-state index contributed by atoms with van der Waals surface area (Å²) >= 11 is 0. The second-order valence-corrected chi connectivity index (χ2v) is 9.35. The number of para-hydroxylation sites is 1. The van der Waals surface area contributed by atoms with Gasteiger partial charge in [-0.3, -0.25) is 9.59 Å². The Balaban J connectivity index is 1.69. The molecule has 2 heterocycles. The number of benzene rings is 3. The molecule has 0 aliphatic carbocycles. The van der Waals surface area contributed by atoms with Crippen LogP contribution in [0.15, 0.2) is 72.8 Å². The van der Waals surface area contributed by atoms with Crippen molar-refractivity contribution in [2.45, 2.75) is 45.7 Å². The van der Waals surface area contributed by atoms with Gasteiger partial charge in [-0.05, 0) is 43.5 Å². The van der Waals surface area contributed by atoms with Crippen LogP contribution in [0.1, 0.15) is 59.8 Å². The summed E-state index contributed by atoms with van der Waals surface area (Å²) in [4.78, 5) is 32.3. The van der Waals surface area contributed by atoms with E-state index in [1.54, 1.807) is 4.90 Å². The second kappa shape index (κ2) is 9.41. The first-order chi connectivity index (χ1) is 17.0. The second-order valence-electron chi connectivity index (χ2n) is 9.35. The standard InChI is InChI=1S/C30H31N3O2/c1-4-5-18-31-29(34)20(3)33-28(22-10-6-7-11-23(22)30(33)35)26-24-12-8-9-13-25(24)32-27(26)21-16-14-19(2)15-17-21/h6-17,20,28,32H,4-5,18H2,1-3H3,(H,31,34)/t20-,28+/m1/s1. The Kier molecular flexibility index (Phi) is 6.16. The molecule has 4 aromatic rings. The molecule has 0 bridgehead atoms. The van der Waals surface area contributed by atoms with Crippen molar-refractivity contribution in [3.8, 4) is 11.3 Å². The minimum atomic E-state index is -0.615. The van der Waals surface area contributed by atoms with Gasteiger partial charge in [0.1, 0.15) is 6.04 Å². The Hall–Kier alpha value is -3.86. The predicted octanol–water partition coefficient (Wildman–Crippen LogP) is 5.99. The smallest absolute Gasteiger partial charge is 0.255 e. The summed E-state index contributed by atoms with van der Waals surface area (Å²) < 4.78 is 0. The molecule has 35 heavy (non-hydrogen) atoms. The van der Waals surface area contributed by atoms with Crippen LogP contribution in [0.3, 0.4) is 0 Å². The van der Waals surface area contributed by atoms with Crippen LogP contribution >= 0.6 is 0 Å². The van der Waals surface area contributed by atoms with Gasteiger partial charge in [-0.2, -0.15) is 0 Å². The number of aromatic amines is 1. The number of unbranched alkanes of at least 4 members (excludes halogenated alkanes) is 1. The van der Waals surface area contributed by atoms with Crippen LogP contribution in [0.25, 0.3) is 22.2 Å². The van der Waals surface area contributed by atoms with Gasteiger partial charge in [0.15, 0.2) is 0 Å². The Bertz CT molecular complexity index is 1390. The van der Waals surface area contributed by atoms with Crippen molar-refractivity contribution in [1.82, 2.24) is 15.2 Å². The largest absolute Gasteiger partial charge is 0.354 e. The van der Waals surface area contributed by atoms with Crippen molar-refractivity contribution in [2.75, 3.05) is 6.54 Å². The van der Waals surface area contributed by atoms with E-state index in [2.05, 4.69) is 60.5 Å². The van der Waals surface area contributed by atoms with Gasteiger partial charge in [-0.15, -0.1) is 0 Å². The quantitative estimate of drug-likeness (QED) is 0.329. The Labute approximate surface area is 206 Å². The summed E-state index contributed by atoms with van der Waals surface area (Å²) in [5, 5.41) is 4.08. The first kappa shape index (κ1) is 22.9. The number of aromatic nitrogens is 1. The maximum Gasteiger partial charge on any atom is 0.255 e. The lowest BCUT2D eigenvalue weighted by Crippen LogP contribution is -2.47. The fraction of sp³-hybridized carbons (Fsp3) is 0.267. The lowest BCUT2D eigenvalue weighted by Gasteiger charge is -2.31. The summed E-state index contributed by atoms with van der Waals surface area (Å²) in [6, 6.07) is 23.3. The normalized spacial score (nSPS) is 15.9. The molecular weight excluding hydrogens is 434 g/mol. The fourth-order valence-electron chi connectivity index (χ4n) is 5.09. The lowest BCUT2D eigenvalue weighted by molar-refractivity contribution is -0.125. The van der Waals surface area contributed by atoms with Gasteiger partial charge in [0.05, 0.1) is 11.7 Å². The van der Waals surface area contributed by atoms with Gasteiger partial charge >= 0.3 is 0 Å². The van der Waals surface area contributed by atoms with E-state index in [0.717, 1.165) is 46.1 Å². The van der Waals surface area contributed by atoms with Crippen LogP contribution in [0.4, 0.5) is 0 Å². The van der Waals surface area contributed by atoms with E-state index in [9.17, 15) is 9.59 Å². The molecule has 0 spiro atoms. The molecular formula is C30H31N3O2. The first-order valence-electron chi connectivity index (χ1n) is 12.4. The number of aryl methyl sites for hydroxylation is 1. The molecule has 0 fully saturated rings. The number of H-pyrrole nitrogens is 1. The summed E-state index contributed by atoms with van der Waals surface area (Å²) in [5.41, 5.74) is 6.84. The zero-order valence-corrected chi connectivity index (χ0v) is 20.5. The summed E-state index contributed by atoms with van der Waals surface area (Å²) in [7, 11) is 0. The molecule has 0 saturated carbocycles. The van der Waals surface area contributed by atoms with E-state index in [-0.39, 0.29) is 17.9 Å². The van der Waals surface area contributed by atoms with E-state index in [4.69, 9.17) is 0 Å². The van der Waals surface area contributed by atoms with Crippen molar-refractivity contribution in [3.63, 3.8) is 0 Å². The summed E-state index contributed by atoms with van der Waals surface area (Å²) in [6.07, 6.45) is 1.91. The van der Waals surface area contributed by atoms with Crippen LogP contribution in [0, 0.1) is 6.92 Å². The van der Waals surface area contributed by atoms with Gasteiger partial charge in [-0.25, -0.2) is 0 Å². The molecule has 0 unspecified atom stereocenters. The molecule has 1 aliphatic rings. The number of fused-ring (bicyclic) bond motifs is 2. The number of carbonyl (C=O) groups excluding carboxylic acids is 2. The number of nitrogens with one attached hydrogen (secondary N) is 2. The average molecular weight is 466 g/mol. The minimum Gasteiger partial charge on any atom is -0.354 e. The molecule has 2 amide bonds. The molecule has 5 nitrogen and oxygen atoms in total. The van der Waals surface area contributed by atoms with Crippen LogP contribution < -0.4 is 5.32 Å². The highest BCUT2D eigenvalue weighted by Gasteiger charge is 2.44. The molecule has 0 saturated heterocycles. The summed E-state index contributed by atoms with van der Waals surface area (Å²) in [5.74, 6) is -0.231. The molecule has 2 N–H and O–H groups in total. The van der Waals surface area contributed by atoms with Gasteiger partial charge in [0, 0.05) is 28.6 Å². The maximum atomic E-state index is 13.7. The molecule has 0 radical (unpaired) electrons. The third-order valence-corrected chi connectivity index (χ3v) is 6.98. The molecule has 1 aromatic heterocycles. The van der Waals surface area contributed by atoms with Crippen molar-refractivity contribution in [1.29, 1.82) is 0 Å². The molecule has 178 valence electrons. The SMILES string of the molecule is CCCCNC(=O)[C@@H](C)N1C(=O)c2ccccc2[C@H]1c1c(-c2ccc(C)cc2)[nH]c2ccccc12. The minimum absolute atomic E-state index is 0.108. The van der Waals surface area contributed by atoms with E-state index >= 15 is 0 Å². The molecule has 2 atom stereocenters. The van der Waals surface area contributed by atoms with Crippen molar-refractivity contribution < 1.29 is 9.59 Å². The highest BCUT2D eigenvalue weighted by Crippen LogP contribution is 2.46. The monoisotopic (exact) mass is 465 g/mol. The third-order valence-electron chi connectivity index (χ3n) is 6.98. The number of nitrogens with zero attached hydrogens (tertiary/aromatic N) is 1. The molecule has 3 aromatic carbocycles. The fourth-order valence-corrected chi connectivity index (χ4v) is 5.09. The van der Waals surface area contributed by atoms with Crippen LogP contribution in [-0.4, -0.2) is 34.3 Å². The Morgan fingerprint density at radius 1 is 1.03 bits per heavy atom. The Morgan fingerprint density at radius 2 is 1.74 bits per heavy atom. The van der Waals surface area contributed by atoms with Gasteiger partial charge in [0.2, 0.25) is 5.91 Å². The number of amides is 2. The predicted molar refractivity (Wildman–Crippen MR) is 140 cm³/mol. The highest BCUT2D eigenvalue weighted by atomic mass is 16.2. The van der Waals surface area contributed by atoms with Crippen molar-refractivity contribution in [2.24, 2.45) is 0 Å². The van der Waals surface area contributed by atoms with Gasteiger partial charge in [-0.1, -0.05) is 79.6 Å².